The summed E-state index contributed by atoms with van der Waals surface area (Å²) < 4.78 is 37.5. The number of nitrogen functional groups attached to an aromatic ring is 1. The van der Waals surface area contributed by atoms with E-state index in [1.54, 1.807) is 0 Å². The highest BCUT2D eigenvalue weighted by Gasteiger charge is 2.36. The van der Waals surface area contributed by atoms with Crippen molar-refractivity contribution in [3.63, 3.8) is 0 Å². The zero-order chi connectivity index (χ0) is 12.5. The molecule has 0 amide bonds. The normalized spacial score (nSPS) is 11.5. The molecule has 1 rings (SSSR count). The molecule has 3 nitrogen and oxygen atoms in total. The molecule has 0 radical (unpaired) electrons. The maximum atomic E-state index is 12.5. The van der Waals surface area contributed by atoms with E-state index in [2.05, 4.69) is 0 Å². The molecule has 16 heavy (non-hydrogen) atoms. The van der Waals surface area contributed by atoms with Crippen molar-refractivity contribution in [1.29, 1.82) is 0 Å². The van der Waals surface area contributed by atoms with E-state index in [0.29, 0.717) is 0 Å². The van der Waals surface area contributed by atoms with Crippen LogP contribution in [0.4, 0.5) is 18.9 Å². The van der Waals surface area contributed by atoms with E-state index in [4.69, 9.17) is 22.4 Å². The molecule has 1 aromatic carbocycles. The van der Waals surface area contributed by atoms with Crippen LogP contribution in [0.25, 0.3) is 0 Å². The van der Waals surface area contributed by atoms with E-state index in [0.717, 1.165) is 6.07 Å². The van der Waals surface area contributed by atoms with Gasteiger partial charge in [-0.1, -0.05) is 17.7 Å². The lowest BCUT2D eigenvalue weighted by Crippen LogP contribution is -2.12. The van der Waals surface area contributed by atoms with Crippen LogP contribution in [0, 0.1) is 0 Å². The van der Waals surface area contributed by atoms with Gasteiger partial charge in [-0.25, -0.2) is 0 Å². The van der Waals surface area contributed by atoms with Crippen LogP contribution in [0.3, 0.4) is 0 Å². The van der Waals surface area contributed by atoms with Gasteiger partial charge in [0.2, 0.25) is 0 Å². The van der Waals surface area contributed by atoms with Crippen molar-refractivity contribution in [2.24, 2.45) is 0 Å². The summed E-state index contributed by atoms with van der Waals surface area (Å²) in [6.45, 7) is 0. The molecule has 0 saturated heterocycles. The molecule has 0 aromatic heterocycles. The first-order valence-corrected chi connectivity index (χ1v) is 4.47. The van der Waals surface area contributed by atoms with E-state index < -0.39 is 34.8 Å². The number of hydrogen-bond donors (Lipinski definition) is 2. The Labute approximate surface area is 93.6 Å². The summed E-state index contributed by atoms with van der Waals surface area (Å²) in [6.07, 6.45) is -5.28. The average molecular weight is 254 g/mol. The van der Waals surface area contributed by atoms with Crippen molar-refractivity contribution in [3.8, 4) is 0 Å². The number of halogens is 4. The minimum absolute atomic E-state index is 0.115. The van der Waals surface area contributed by atoms with Crippen molar-refractivity contribution in [2.45, 2.75) is 12.6 Å². The number of carboxylic acids is 1. The summed E-state index contributed by atoms with van der Waals surface area (Å²) in [4.78, 5) is 10.4. The van der Waals surface area contributed by atoms with Crippen LogP contribution in [0.5, 0.6) is 0 Å². The van der Waals surface area contributed by atoms with Gasteiger partial charge in [0.15, 0.2) is 0 Å². The fraction of sp³-hybridized carbons (Fsp3) is 0.222. The molecule has 0 fully saturated rings. The fourth-order valence-electron chi connectivity index (χ4n) is 1.22. The van der Waals surface area contributed by atoms with Gasteiger partial charge in [0, 0.05) is 5.69 Å². The summed E-state index contributed by atoms with van der Waals surface area (Å²) in [7, 11) is 0. The number of alkyl halides is 3. The number of carboxylic acid groups (broad SMARTS) is 1. The van der Waals surface area contributed by atoms with Gasteiger partial charge < -0.3 is 10.8 Å². The lowest BCUT2D eigenvalue weighted by Gasteiger charge is -2.14. The van der Waals surface area contributed by atoms with Gasteiger partial charge in [-0.15, -0.1) is 0 Å². The molecular weight excluding hydrogens is 247 g/mol. The Hall–Kier alpha value is -1.43. The molecule has 0 aliphatic rings. The Bertz CT molecular complexity index is 431. The number of aliphatic carboxylic acids is 1. The van der Waals surface area contributed by atoms with Crippen LogP contribution < -0.4 is 5.73 Å². The van der Waals surface area contributed by atoms with E-state index in [1.165, 1.54) is 6.07 Å². The Balaban J connectivity index is 3.33. The highest BCUT2D eigenvalue weighted by atomic mass is 35.5. The zero-order valence-electron chi connectivity index (χ0n) is 7.81. The van der Waals surface area contributed by atoms with E-state index in [1.807, 2.05) is 0 Å². The van der Waals surface area contributed by atoms with Crippen LogP contribution in [-0.4, -0.2) is 11.1 Å². The number of nitrogens with two attached hydrogens (primary N) is 1. The molecule has 0 spiro atoms. The largest absolute Gasteiger partial charge is 0.481 e. The second kappa shape index (κ2) is 4.21. The number of anilines is 1. The maximum Gasteiger partial charge on any atom is 0.419 e. The first-order chi connectivity index (χ1) is 7.23. The smallest absolute Gasteiger partial charge is 0.419 e. The Kier molecular flexibility index (Phi) is 3.32. The first kappa shape index (κ1) is 12.6. The Morgan fingerprint density at radius 3 is 2.44 bits per heavy atom. The minimum Gasteiger partial charge on any atom is -0.481 e. The van der Waals surface area contributed by atoms with E-state index in [-0.39, 0.29) is 5.56 Å². The van der Waals surface area contributed by atoms with Crippen LogP contribution >= 0.6 is 11.6 Å². The predicted molar refractivity (Wildman–Crippen MR) is 52.2 cm³/mol. The third kappa shape index (κ3) is 2.57. The maximum absolute atomic E-state index is 12.5. The lowest BCUT2D eigenvalue weighted by molar-refractivity contribution is -0.138. The lowest BCUT2D eigenvalue weighted by atomic mass is 10.1. The van der Waals surface area contributed by atoms with Crippen LogP contribution in [0.1, 0.15) is 11.1 Å². The van der Waals surface area contributed by atoms with Crippen molar-refractivity contribution < 1.29 is 23.1 Å². The van der Waals surface area contributed by atoms with Crippen molar-refractivity contribution in [3.05, 3.63) is 28.3 Å². The molecule has 7 heteroatoms. The second-order valence-electron chi connectivity index (χ2n) is 3.07. The Morgan fingerprint density at radius 2 is 2.00 bits per heavy atom. The van der Waals surface area contributed by atoms with Gasteiger partial charge in [0.25, 0.3) is 0 Å². The molecule has 88 valence electrons. The van der Waals surface area contributed by atoms with Gasteiger partial charge >= 0.3 is 12.1 Å². The molecule has 0 aliphatic carbocycles. The number of rotatable bonds is 2. The first-order valence-electron chi connectivity index (χ1n) is 4.09. The third-order valence-corrected chi connectivity index (χ3v) is 2.31. The summed E-state index contributed by atoms with van der Waals surface area (Å²) >= 11 is 5.48. The van der Waals surface area contributed by atoms with Crippen molar-refractivity contribution >= 4 is 23.3 Å². The monoisotopic (exact) mass is 253 g/mol. The number of carbonyl (C=O) groups is 1. The molecular formula is C9H7ClF3NO2. The molecule has 0 unspecified atom stereocenters. The third-order valence-electron chi connectivity index (χ3n) is 1.88. The SMILES string of the molecule is Nc1ccc(CC(=O)O)c(Cl)c1C(F)(F)F. The molecule has 1 aromatic rings. The zero-order valence-corrected chi connectivity index (χ0v) is 8.56. The predicted octanol–water partition coefficient (Wildman–Crippen LogP) is 2.57. The average Bonchev–Trinajstić information content (AvgIpc) is 2.07. The molecule has 0 bridgehead atoms. The minimum atomic E-state index is -4.70. The highest BCUT2D eigenvalue weighted by molar-refractivity contribution is 6.32. The quantitative estimate of drug-likeness (QED) is 0.796. The molecule has 0 atom stereocenters. The fourth-order valence-corrected chi connectivity index (χ4v) is 1.57. The van der Waals surface area contributed by atoms with Crippen molar-refractivity contribution in [2.75, 3.05) is 5.73 Å². The molecule has 0 heterocycles. The summed E-state index contributed by atoms with van der Waals surface area (Å²) in [6, 6.07) is 2.16. The van der Waals surface area contributed by atoms with Gasteiger partial charge in [0.1, 0.15) is 0 Å². The van der Waals surface area contributed by atoms with Crippen LogP contribution in [0.15, 0.2) is 12.1 Å². The van der Waals surface area contributed by atoms with E-state index in [9.17, 15) is 18.0 Å². The van der Waals surface area contributed by atoms with Crippen LogP contribution in [0.2, 0.25) is 5.02 Å². The van der Waals surface area contributed by atoms with Crippen LogP contribution in [-0.2, 0) is 17.4 Å². The standard InChI is InChI=1S/C9H7ClF3NO2/c10-8-4(3-6(15)16)1-2-5(14)7(8)9(11,12)13/h1-2H,3,14H2,(H,15,16). The van der Waals surface area contributed by atoms with E-state index >= 15 is 0 Å². The number of hydrogen-bond acceptors (Lipinski definition) is 2. The van der Waals surface area contributed by atoms with Gasteiger partial charge in [-0.2, -0.15) is 13.2 Å². The van der Waals surface area contributed by atoms with Crippen molar-refractivity contribution in [1.82, 2.24) is 0 Å². The Morgan fingerprint density at radius 1 is 1.44 bits per heavy atom. The summed E-state index contributed by atoms with van der Waals surface area (Å²) in [5.74, 6) is -1.26. The number of benzene rings is 1. The van der Waals surface area contributed by atoms with Gasteiger partial charge in [-0.05, 0) is 11.6 Å². The molecule has 0 aliphatic heterocycles. The topological polar surface area (TPSA) is 63.3 Å². The van der Waals surface area contributed by atoms with Gasteiger partial charge in [0.05, 0.1) is 17.0 Å². The highest BCUT2D eigenvalue weighted by Crippen LogP contribution is 2.40. The second-order valence-corrected chi connectivity index (χ2v) is 3.45. The summed E-state index contributed by atoms with van der Waals surface area (Å²) in [5.41, 5.74) is 3.33. The molecule has 3 N–H and O–H groups in total. The summed E-state index contributed by atoms with van der Waals surface area (Å²) in [5, 5.41) is 7.83. The molecule has 0 saturated carbocycles. The van der Waals surface area contributed by atoms with Gasteiger partial charge in [-0.3, -0.25) is 4.79 Å².